The number of carbonyl (C=O) groups excluding carboxylic acids is 1. The van der Waals surface area contributed by atoms with Gasteiger partial charge in [-0.25, -0.2) is 4.79 Å². The van der Waals surface area contributed by atoms with Gasteiger partial charge in [-0.3, -0.25) is 4.79 Å². The van der Waals surface area contributed by atoms with E-state index in [1.54, 1.807) is 0 Å². The van der Waals surface area contributed by atoms with Crippen LogP contribution in [0.15, 0.2) is 17.3 Å². The molecule has 0 unspecified atom stereocenters. The summed E-state index contributed by atoms with van der Waals surface area (Å²) in [5, 5.41) is 28.9. The molecule has 0 aliphatic rings. The standard InChI is InChI=1S/C8H5NO6/c10-5-2-4(8(13)14)6(11)1-3(5)7(12)9-15/h1-2,10-11H,(H,13,14). The molecule has 15 heavy (non-hydrogen) atoms. The first-order valence-corrected chi connectivity index (χ1v) is 3.64. The highest BCUT2D eigenvalue weighted by Gasteiger charge is 2.18. The Balaban J connectivity index is 3.37. The number of aromatic hydroxyl groups is 2. The van der Waals surface area contributed by atoms with Gasteiger partial charge in [0.1, 0.15) is 17.1 Å². The molecule has 0 aliphatic heterocycles. The van der Waals surface area contributed by atoms with Gasteiger partial charge in [-0.1, -0.05) is 0 Å². The van der Waals surface area contributed by atoms with Gasteiger partial charge in [0.25, 0.3) is 0 Å². The Bertz CT molecular complexity index is 453. The summed E-state index contributed by atoms with van der Waals surface area (Å²) in [6.45, 7) is 0. The molecule has 0 saturated heterocycles. The molecule has 0 spiro atoms. The van der Waals surface area contributed by atoms with Crippen molar-refractivity contribution in [3.8, 4) is 11.5 Å². The normalized spacial score (nSPS) is 9.60. The fraction of sp³-hybridized carbons (Fsp3) is 0. The highest BCUT2D eigenvalue weighted by Crippen LogP contribution is 2.27. The van der Waals surface area contributed by atoms with E-state index in [1.807, 2.05) is 5.18 Å². The monoisotopic (exact) mass is 211 g/mol. The molecule has 1 amide bonds. The Morgan fingerprint density at radius 1 is 1.07 bits per heavy atom. The molecule has 0 aromatic heterocycles. The summed E-state index contributed by atoms with van der Waals surface area (Å²) in [5.74, 6) is -4.22. The first-order chi connectivity index (χ1) is 6.97. The molecular weight excluding hydrogens is 206 g/mol. The molecule has 0 radical (unpaired) electrons. The number of benzene rings is 1. The summed E-state index contributed by atoms with van der Waals surface area (Å²) >= 11 is 0. The van der Waals surface area contributed by atoms with E-state index >= 15 is 0 Å². The van der Waals surface area contributed by atoms with Crippen LogP contribution in [0.25, 0.3) is 0 Å². The van der Waals surface area contributed by atoms with Gasteiger partial charge in [0.2, 0.25) is 0 Å². The van der Waals surface area contributed by atoms with Crippen molar-refractivity contribution in [1.29, 1.82) is 0 Å². The predicted octanol–water partition coefficient (Wildman–Crippen LogP) is 0.703. The maximum absolute atomic E-state index is 10.8. The average molecular weight is 211 g/mol. The summed E-state index contributed by atoms with van der Waals surface area (Å²) in [6.07, 6.45) is 0. The van der Waals surface area contributed by atoms with Crippen molar-refractivity contribution in [3.05, 3.63) is 28.2 Å². The van der Waals surface area contributed by atoms with Crippen molar-refractivity contribution < 1.29 is 24.9 Å². The predicted molar refractivity (Wildman–Crippen MR) is 46.9 cm³/mol. The van der Waals surface area contributed by atoms with E-state index in [0.717, 1.165) is 0 Å². The zero-order valence-corrected chi connectivity index (χ0v) is 7.17. The van der Waals surface area contributed by atoms with Crippen LogP contribution in [0.3, 0.4) is 0 Å². The second-order valence-electron chi connectivity index (χ2n) is 2.59. The summed E-state index contributed by atoms with van der Waals surface area (Å²) in [5.41, 5.74) is -1.12. The number of nitrogens with zero attached hydrogens (tertiary/aromatic N) is 1. The number of nitroso groups, excluding NO2 is 1. The Labute approximate surface area is 82.6 Å². The van der Waals surface area contributed by atoms with E-state index < -0.39 is 34.5 Å². The molecular formula is C8H5NO6. The Morgan fingerprint density at radius 2 is 1.53 bits per heavy atom. The van der Waals surface area contributed by atoms with Crippen molar-refractivity contribution in [2.45, 2.75) is 0 Å². The van der Waals surface area contributed by atoms with Crippen LogP contribution in [0.4, 0.5) is 0 Å². The SMILES string of the molecule is O=NC(=O)c1cc(O)c(C(=O)O)cc1O. The van der Waals surface area contributed by atoms with Crippen LogP contribution >= 0.6 is 0 Å². The zero-order chi connectivity index (χ0) is 11.6. The van der Waals surface area contributed by atoms with Gasteiger partial charge in [0.05, 0.1) is 5.56 Å². The van der Waals surface area contributed by atoms with Gasteiger partial charge in [-0.05, 0) is 12.1 Å². The summed E-state index contributed by atoms with van der Waals surface area (Å²) in [6, 6.07) is 1.33. The largest absolute Gasteiger partial charge is 0.507 e. The van der Waals surface area contributed by atoms with E-state index in [2.05, 4.69) is 0 Å². The van der Waals surface area contributed by atoms with Crippen molar-refractivity contribution in [1.82, 2.24) is 0 Å². The molecule has 0 bridgehead atoms. The van der Waals surface area contributed by atoms with Crippen LogP contribution < -0.4 is 0 Å². The highest BCUT2D eigenvalue weighted by atomic mass is 16.4. The maximum atomic E-state index is 10.8. The minimum Gasteiger partial charge on any atom is -0.507 e. The number of hydrogen-bond donors (Lipinski definition) is 3. The molecule has 0 fully saturated rings. The van der Waals surface area contributed by atoms with Crippen LogP contribution in [-0.4, -0.2) is 27.2 Å². The Kier molecular flexibility index (Phi) is 2.65. The van der Waals surface area contributed by atoms with Crippen LogP contribution in [0.5, 0.6) is 11.5 Å². The molecule has 1 aromatic carbocycles. The third-order valence-electron chi connectivity index (χ3n) is 1.66. The smallest absolute Gasteiger partial charge is 0.339 e. The molecule has 0 aliphatic carbocycles. The minimum atomic E-state index is -1.47. The van der Waals surface area contributed by atoms with Gasteiger partial charge in [-0.2, -0.15) is 0 Å². The number of aromatic carboxylic acids is 1. The fourth-order valence-corrected chi connectivity index (χ4v) is 0.969. The van der Waals surface area contributed by atoms with Crippen LogP contribution in [0.2, 0.25) is 0 Å². The number of carboxylic acid groups (broad SMARTS) is 1. The Hall–Kier alpha value is -2.44. The zero-order valence-electron chi connectivity index (χ0n) is 7.17. The fourth-order valence-electron chi connectivity index (χ4n) is 0.969. The lowest BCUT2D eigenvalue weighted by Crippen LogP contribution is -2.00. The number of phenolic OH excluding ortho intramolecular Hbond substituents is 1. The van der Waals surface area contributed by atoms with Gasteiger partial charge < -0.3 is 15.3 Å². The number of amides is 1. The third-order valence-corrected chi connectivity index (χ3v) is 1.66. The number of carbonyl (C=O) groups is 2. The average Bonchev–Trinajstić information content (AvgIpc) is 2.19. The lowest BCUT2D eigenvalue weighted by molar-refractivity contribution is 0.0692. The first kappa shape index (κ1) is 10.6. The molecule has 3 N–H and O–H groups in total. The third kappa shape index (κ3) is 1.90. The number of rotatable bonds is 2. The quantitative estimate of drug-likeness (QED) is 0.488. The van der Waals surface area contributed by atoms with E-state index in [9.17, 15) is 19.6 Å². The van der Waals surface area contributed by atoms with E-state index in [-0.39, 0.29) is 0 Å². The van der Waals surface area contributed by atoms with E-state index in [1.165, 1.54) is 0 Å². The first-order valence-electron chi connectivity index (χ1n) is 3.64. The van der Waals surface area contributed by atoms with Crippen LogP contribution in [0, 0.1) is 4.91 Å². The number of hydrogen-bond acceptors (Lipinski definition) is 5. The summed E-state index contributed by atoms with van der Waals surface area (Å²) in [7, 11) is 0. The van der Waals surface area contributed by atoms with Crippen molar-refractivity contribution in [2.24, 2.45) is 5.18 Å². The molecule has 1 rings (SSSR count). The molecule has 0 saturated carbocycles. The highest BCUT2D eigenvalue weighted by molar-refractivity contribution is 6.00. The topological polar surface area (TPSA) is 124 Å². The van der Waals surface area contributed by atoms with Crippen LogP contribution in [-0.2, 0) is 0 Å². The van der Waals surface area contributed by atoms with Crippen molar-refractivity contribution in [3.63, 3.8) is 0 Å². The lowest BCUT2D eigenvalue weighted by atomic mass is 10.1. The van der Waals surface area contributed by atoms with Crippen molar-refractivity contribution in [2.75, 3.05) is 0 Å². The Morgan fingerprint density at radius 3 is 2.00 bits per heavy atom. The minimum absolute atomic E-state index is 0.549. The molecule has 1 aromatic rings. The molecule has 0 heterocycles. The number of carboxylic acids is 1. The summed E-state index contributed by atoms with van der Waals surface area (Å²) in [4.78, 5) is 31.1. The lowest BCUT2D eigenvalue weighted by Gasteiger charge is -2.03. The second kappa shape index (κ2) is 3.74. The second-order valence-corrected chi connectivity index (χ2v) is 2.59. The molecule has 0 atom stereocenters. The van der Waals surface area contributed by atoms with E-state index in [4.69, 9.17) is 10.2 Å². The van der Waals surface area contributed by atoms with Crippen LogP contribution in [0.1, 0.15) is 20.7 Å². The van der Waals surface area contributed by atoms with Crippen molar-refractivity contribution >= 4 is 11.9 Å². The number of phenols is 2. The van der Waals surface area contributed by atoms with E-state index in [0.29, 0.717) is 12.1 Å². The van der Waals surface area contributed by atoms with Gasteiger partial charge >= 0.3 is 11.9 Å². The van der Waals surface area contributed by atoms with Gasteiger partial charge in [-0.15, -0.1) is 4.91 Å². The van der Waals surface area contributed by atoms with Gasteiger partial charge in [0.15, 0.2) is 0 Å². The summed E-state index contributed by atoms with van der Waals surface area (Å²) < 4.78 is 0. The maximum Gasteiger partial charge on any atom is 0.339 e. The van der Waals surface area contributed by atoms with Gasteiger partial charge in [0, 0.05) is 5.18 Å². The molecule has 78 valence electrons. The molecule has 7 heteroatoms. The molecule has 7 nitrogen and oxygen atoms in total.